The van der Waals surface area contributed by atoms with E-state index in [1.807, 2.05) is 13.8 Å². The van der Waals surface area contributed by atoms with E-state index >= 15 is 0 Å². The first kappa shape index (κ1) is 16.4. The van der Waals surface area contributed by atoms with Crippen molar-refractivity contribution in [2.75, 3.05) is 16.8 Å². The number of halogens is 1. The summed E-state index contributed by atoms with van der Waals surface area (Å²) in [6.45, 7) is 3.74. The molecule has 0 bridgehead atoms. The summed E-state index contributed by atoms with van der Waals surface area (Å²) in [6.07, 6.45) is 1.06. The van der Waals surface area contributed by atoms with Crippen LogP contribution in [0.25, 0.3) is 0 Å². The largest absolute Gasteiger partial charge is 0.229 e. The normalized spacial score (nSPS) is 24.6. The van der Waals surface area contributed by atoms with E-state index in [1.165, 1.54) is 0 Å². The second kappa shape index (κ2) is 5.76. The average molecular weight is 362 g/mol. The maximum absolute atomic E-state index is 12.2. The van der Waals surface area contributed by atoms with Gasteiger partial charge in [0.2, 0.25) is 10.0 Å². The molecule has 0 radical (unpaired) electrons. The van der Waals surface area contributed by atoms with E-state index in [4.69, 9.17) is 0 Å². The highest BCUT2D eigenvalue weighted by atomic mass is 79.9. The lowest BCUT2D eigenvalue weighted by Crippen LogP contribution is -2.51. The van der Waals surface area contributed by atoms with Crippen molar-refractivity contribution < 1.29 is 16.8 Å². The van der Waals surface area contributed by atoms with E-state index in [2.05, 4.69) is 20.7 Å². The molecule has 0 aliphatic carbocycles. The number of hydrogen-bond donors (Lipinski definition) is 1. The van der Waals surface area contributed by atoms with Crippen LogP contribution < -0.4 is 4.72 Å². The average Bonchev–Trinajstić information content (AvgIpc) is 2.27. The molecule has 0 saturated carbocycles. The van der Waals surface area contributed by atoms with E-state index in [9.17, 15) is 16.8 Å². The summed E-state index contributed by atoms with van der Waals surface area (Å²) in [4.78, 5) is 0. The molecular weight excluding hydrogens is 342 g/mol. The SMILES string of the molecule is CCC(C)(CBr)NS(=O)(=O)C1CCS(=O)(=O)CC1. The molecule has 1 rings (SSSR count). The first-order chi connectivity index (χ1) is 8.14. The summed E-state index contributed by atoms with van der Waals surface area (Å²) in [5.41, 5.74) is -0.519. The molecule has 1 fully saturated rings. The molecule has 1 aliphatic rings. The highest BCUT2D eigenvalue weighted by Gasteiger charge is 2.36. The fourth-order valence-corrected chi connectivity index (χ4v) is 6.24. The Bertz CT molecular complexity index is 468. The third-order valence-corrected chi connectivity index (χ3v) is 8.48. The van der Waals surface area contributed by atoms with Crippen LogP contribution in [0.15, 0.2) is 0 Å². The molecule has 0 aromatic carbocycles. The van der Waals surface area contributed by atoms with Crippen molar-refractivity contribution in [1.82, 2.24) is 4.72 Å². The molecule has 18 heavy (non-hydrogen) atoms. The van der Waals surface area contributed by atoms with E-state index in [1.54, 1.807) is 0 Å². The highest BCUT2D eigenvalue weighted by Crippen LogP contribution is 2.22. The fraction of sp³-hybridized carbons (Fsp3) is 1.00. The molecule has 108 valence electrons. The molecular formula is C10H20BrNO4S2. The van der Waals surface area contributed by atoms with Crippen LogP contribution in [0.1, 0.15) is 33.1 Å². The third kappa shape index (κ3) is 4.18. The van der Waals surface area contributed by atoms with Gasteiger partial charge in [-0.15, -0.1) is 0 Å². The smallest absolute Gasteiger partial charge is 0.215 e. The fourth-order valence-electron chi connectivity index (χ4n) is 1.80. The molecule has 0 aromatic heterocycles. The van der Waals surface area contributed by atoms with Crippen molar-refractivity contribution in [1.29, 1.82) is 0 Å². The van der Waals surface area contributed by atoms with E-state index in [-0.39, 0.29) is 24.3 Å². The molecule has 1 aliphatic heterocycles. The van der Waals surface area contributed by atoms with Gasteiger partial charge in [0, 0.05) is 10.9 Å². The summed E-state index contributed by atoms with van der Waals surface area (Å²) in [7, 11) is -6.49. The number of sulfonamides is 1. The predicted molar refractivity (Wildman–Crippen MR) is 76.2 cm³/mol. The van der Waals surface area contributed by atoms with Crippen molar-refractivity contribution in [2.24, 2.45) is 0 Å². The van der Waals surface area contributed by atoms with Crippen LogP contribution in [0.3, 0.4) is 0 Å². The summed E-state index contributed by atoms with van der Waals surface area (Å²) in [6, 6.07) is 0. The highest BCUT2D eigenvalue weighted by molar-refractivity contribution is 9.09. The first-order valence-corrected chi connectivity index (χ1v) is 10.4. The Labute approximate surface area is 118 Å². The minimum absolute atomic E-state index is 0.0320. The molecule has 1 N–H and O–H groups in total. The Morgan fingerprint density at radius 1 is 1.33 bits per heavy atom. The maximum atomic E-state index is 12.2. The Hall–Kier alpha value is 0.340. The van der Waals surface area contributed by atoms with Gasteiger partial charge < -0.3 is 0 Å². The zero-order valence-corrected chi connectivity index (χ0v) is 13.9. The topological polar surface area (TPSA) is 80.3 Å². The second-order valence-electron chi connectivity index (χ2n) is 5.05. The third-order valence-electron chi connectivity index (χ3n) is 3.40. The Morgan fingerprint density at radius 2 is 1.83 bits per heavy atom. The predicted octanol–water partition coefficient (Wildman–Crippen LogP) is 1.05. The Kier molecular flexibility index (Phi) is 5.25. The molecule has 0 amide bonds. The molecule has 1 heterocycles. The molecule has 5 nitrogen and oxygen atoms in total. The molecule has 1 atom stereocenters. The molecule has 0 aromatic rings. The van der Waals surface area contributed by atoms with Crippen LogP contribution in [0.5, 0.6) is 0 Å². The van der Waals surface area contributed by atoms with Gasteiger partial charge in [0.25, 0.3) is 0 Å². The summed E-state index contributed by atoms with van der Waals surface area (Å²) in [5.74, 6) is -0.0640. The van der Waals surface area contributed by atoms with E-state index < -0.39 is 30.6 Å². The quantitative estimate of drug-likeness (QED) is 0.742. The number of sulfone groups is 1. The molecule has 1 saturated heterocycles. The van der Waals surface area contributed by atoms with Crippen LogP contribution in [0.2, 0.25) is 0 Å². The second-order valence-corrected chi connectivity index (χ2v) is 9.87. The van der Waals surface area contributed by atoms with Crippen LogP contribution >= 0.6 is 15.9 Å². The van der Waals surface area contributed by atoms with Crippen molar-refractivity contribution >= 4 is 35.8 Å². The van der Waals surface area contributed by atoms with Crippen LogP contribution in [0, 0.1) is 0 Å². The van der Waals surface area contributed by atoms with Gasteiger partial charge in [-0.3, -0.25) is 0 Å². The lowest BCUT2D eigenvalue weighted by Gasteiger charge is -2.31. The first-order valence-electron chi connectivity index (χ1n) is 5.93. The minimum Gasteiger partial charge on any atom is -0.229 e. The van der Waals surface area contributed by atoms with Gasteiger partial charge in [0.1, 0.15) is 9.84 Å². The lowest BCUT2D eigenvalue weighted by molar-refractivity contribution is 0.442. The van der Waals surface area contributed by atoms with Gasteiger partial charge in [0.05, 0.1) is 16.8 Å². The minimum atomic E-state index is -3.46. The number of alkyl halides is 1. The van der Waals surface area contributed by atoms with Gasteiger partial charge in [-0.1, -0.05) is 22.9 Å². The molecule has 0 spiro atoms. The van der Waals surface area contributed by atoms with Gasteiger partial charge in [-0.05, 0) is 26.2 Å². The standard InChI is InChI=1S/C10H20BrNO4S2/c1-3-10(2,8-11)12-18(15,16)9-4-6-17(13,14)7-5-9/h9,12H,3-8H2,1-2H3. The zero-order valence-electron chi connectivity index (χ0n) is 10.6. The summed E-state index contributed by atoms with van der Waals surface area (Å²) >= 11 is 3.30. The van der Waals surface area contributed by atoms with Crippen molar-refractivity contribution in [2.45, 2.75) is 43.9 Å². The van der Waals surface area contributed by atoms with E-state index in [0.29, 0.717) is 11.8 Å². The molecule has 8 heteroatoms. The van der Waals surface area contributed by atoms with Gasteiger partial charge in [0.15, 0.2) is 0 Å². The van der Waals surface area contributed by atoms with E-state index in [0.717, 1.165) is 0 Å². The van der Waals surface area contributed by atoms with Gasteiger partial charge in [-0.25, -0.2) is 21.6 Å². The zero-order chi connectivity index (χ0) is 14.0. The van der Waals surface area contributed by atoms with Crippen molar-refractivity contribution in [3.8, 4) is 0 Å². The van der Waals surface area contributed by atoms with Gasteiger partial charge in [-0.2, -0.15) is 0 Å². The monoisotopic (exact) mass is 361 g/mol. The van der Waals surface area contributed by atoms with Crippen molar-refractivity contribution in [3.05, 3.63) is 0 Å². The Balaban J connectivity index is 2.77. The Morgan fingerprint density at radius 3 is 2.22 bits per heavy atom. The maximum Gasteiger partial charge on any atom is 0.215 e. The number of hydrogen-bond acceptors (Lipinski definition) is 4. The van der Waals surface area contributed by atoms with Crippen LogP contribution in [-0.4, -0.2) is 44.5 Å². The summed E-state index contributed by atoms with van der Waals surface area (Å²) in [5, 5.41) is -0.0632. The van der Waals surface area contributed by atoms with Crippen LogP contribution in [-0.2, 0) is 19.9 Å². The van der Waals surface area contributed by atoms with Crippen LogP contribution in [0.4, 0.5) is 0 Å². The lowest BCUT2D eigenvalue weighted by atomic mass is 10.0. The van der Waals surface area contributed by atoms with Gasteiger partial charge >= 0.3 is 0 Å². The number of rotatable bonds is 5. The summed E-state index contributed by atoms with van der Waals surface area (Å²) < 4.78 is 49.7. The molecule has 1 unspecified atom stereocenters. The van der Waals surface area contributed by atoms with Crippen molar-refractivity contribution in [3.63, 3.8) is 0 Å². The number of nitrogens with one attached hydrogen (secondary N) is 1.